The van der Waals surface area contributed by atoms with Crippen LogP contribution in [0.3, 0.4) is 0 Å². The first-order valence-electron chi connectivity index (χ1n) is 12.2. The van der Waals surface area contributed by atoms with Gasteiger partial charge in [0.15, 0.2) is 11.6 Å². The summed E-state index contributed by atoms with van der Waals surface area (Å²) in [7, 11) is 0. The number of carbonyl (C=O) groups is 2. The number of benzene rings is 4. The van der Waals surface area contributed by atoms with Crippen LogP contribution in [0.1, 0.15) is 69.3 Å². The van der Waals surface area contributed by atoms with Crippen molar-refractivity contribution in [2.75, 3.05) is 0 Å². The number of ketones is 2. The lowest BCUT2D eigenvalue weighted by Gasteiger charge is -2.18. The van der Waals surface area contributed by atoms with E-state index < -0.39 is 0 Å². The zero-order chi connectivity index (χ0) is 25.7. The lowest BCUT2D eigenvalue weighted by molar-refractivity contribution is 0.0980. The van der Waals surface area contributed by atoms with Gasteiger partial charge in [-0.05, 0) is 47.4 Å². The van der Waals surface area contributed by atoms with E-state index in [9.17, 15) is 9.59 Å². The van der Waals surface area contributed by atoms with Crippen molar-refractivity contribution >= 4 is 22.6 Å². The smallest absolute Gasteiger partial charge is 0.196 e. The number of imidazole rings is 1. The van der Waals surface area contributed by atoms with Crippen molar-refractivity contribution < 1.29 is 9.59 Å². The Hall–Kier alpha value is -4.75. The van der Waals surface area contributed by atoms with E-state index >= 15 is 0 Å². The van der Waals surface area contributed by atoms with Crippen LogP contribution >= 0.6 is 0 Å². The van der Waals surface area contributed by atoms with E-state index in [-0.39, 0.29) is 17.0 Å². The van der Waals surface area contributed by atoms with E-state index in [1.165, 1.54) is 5.56 Å². The van der Waals surface area contributed by atoms with Gasteiger partial charge in [-0.25, -0.2) is 4.98 Å². The number of hydrogen-bond acceptors (Lipinski definition) is 3. The molecule has 1 N–H and O–H groups in total. The highest BCUT2D eigenvalue weighted by molar-refractivity contribution is 6.31. The fraction of sp³-hybridized carbons (Fsp3) is 0.121. The Morgan fingerprint density at radius 1 is 0.676 bits per heavy atom. The van der Waals surface area contributed by atoms with Gasteiger partial charge in [0.1, 0.15) is 11.3 Å². The van der Waals surface area contributed by atoms with Gasteiger partial charge in [-0.15, -0.1) is 0 Å². The maximum absolute atomic E-state index is 13.3. The van der Waals surface area contributed by atoms with Gasteiger partial charge >= 0.3 is 0 Å². The SMILES string of the molecule is CC(C)(C)c1ccc(C#Cc2ccc(-c3nc4c5c(ccc4[nH]3)C(=O)c3ccccc3C5=O)cc2)cc1. The molecule has 0 atom stereocenters. The minimum Gasteiger partial charge on any atom is -0.338 e. The Morgan fingerprint density at radius 3 is 1.89 bits per heavy atom. The second-order valence-electron chi connectivity index (χ2n) is 10.3. The van der Waals surface area contributed by atoms with Gasteiger partial charge < -0.3 is 4.98 Å². The maximum atomic E-state index is 13.3. The molecule has 0 amide bonds. The molecule has 0 spiro atoms. The first-order chi connectivity index (χ1) is 17.8. The molecule has 1 aromatic heterocycles. The van der Waals surface area contributed by atoms with Gasteiger partial charge in [0.05, 0.1) is 11.1 Å². The van der Waals surface area contributed by atoms with Crippen molar-refractivity contribution in [3.63, 3.8) is 0 Å². The zero-order valence-electron chi connectivity index (χ0n) is 20.8. The summed E-state index contributed by atoms with van der Waals surface area (Å²) in [6, 6.07) is 26.7. The molecule has 4 nitrogen and oxygen atoms in total. The Kier molecular flexibility index (Phi) is 5.17. The van der Waals surface area contributed by atoms with Crippen molar-refractivity contribution in [2.24, 2.45) is 0 Å². The summed E-state index contributed by atoms with van der Waals surface area (Å²) in [5.74, 6) is 6.77. The summed E-state index contributed by atoms with van der Waals surface area (Å²) < 4.78 is 0. The van der Waals surface area contributed by atoms with Crippen LogP contribution in [0.25, 0.3) is 22.4 Å². The van der Waals surface area contributed by atoms with Crippen molar-refractivity contribution in [3.05, 3.63) is 124 Å². The average molecular weight is 481 g/mol. The number of aromatic nitrogens is 2. The van der Waals surface area contributed by atoms with E-state index in [1.54, 1.807) is 30.3 Å². The van der Waals surface area contributed by atoms with E-state index in [0.29, 0.717) is 33.6 Å². The number of aromatic amines is 1. The summed E-state index contributed by atoms with van der Waals surface area (Å²) in [4.78, 5) is 34.4. The van der Waals surface area contributed by atoms with E-state index in [4.69, 9.17) is 4.98 Å². The van der Waals surface area contributed by atoms with Gasteiger partial charge in [-0.2, -0.15) is 0 Å². The van der Waals surface area contributed by atoms with Crippen LogP contribution in [0.2, 0.25) is 0 Å². The molecule has 1 heterocycles. The Morgan fingerprint density at radius 2 is 1.27 bits per heavy atom. The second kappa shape index (κ2) is 8.43. The van der Waals surface area contributed by atoms with Crippen LogP contribution in [-0.2, 0) is 5.41 Å². The quantitative estimate of drug-likeness (QED) is 0.266. The maximum Gasteiger partial charge on any atom is 0.196 e. The molecule has 178 valence electrons. The van der Waals surface area contributed by atoms with Crippen molar-refractivity contribution in [3.8, 4) is 23.2 Å². The molecule has 0 aliphatic heterocycles. The topological polar surface area (TPSA) is 62.8 Å². The highest BCUT2D eigenvalue weighted by atomic mass is 16.1. The van der Waals surface area contributed by atoms with E-state index in [1.807, 2.05) is 30.3 Å². The van der Waals surface area contributed by atoms with Gasteiger partial charge in [-0.3, -0.25) is 9.59 Å². The number of hydrogen-bond donors (Lipinski definition) is 1. The lowest BCUT2D eigenvalue weighted by atomic mass is 9.83. The summed E-state index contributed by atoms with van der Waals surface area (Å²) in [6.07, 6.45) is 0. The zero-order valence-corrected chi connectivity index (χ0v) is 20.8. The summed E-state index contributed by atoms with van der Waals surface area (Å²) >= 11 is 0. The predicted molar refractivity (Wildman–Crippen MR) is 146 cm³/mol. The molecule has 0 saturated heterocycles. The Labute approximate surface area is 215 Å². The standard InChI is InChI=1S/C33H24N2O2/c1-33(2,3)23-16-12-21(13-17-23)9-8-20-10-14-22(15-11-20)32-34-27-19-18-26-28(29(27)35-32)31(37)25-7-5-4-6-24(25)30(26)36/h4-7,10-19H,1-3H3,(H,34,35). The summed E-state index contributed by atoms with van der Waals surface area (Å²) in [5.41, 5.74) is 7.01. The molecule has 4 heteroatoms. The highest BCUT2D eigenvalue weighted by Crippen LogP contribution is 2.33. The molecule has 1 aliphatic carbocycles. The number of H-pyrrole nitrogens is 1. The van der Waals surface area contributed by atoms with E-state index in [0.717, 1.165) is 22.2 Å². The summed E-state index contributed by atoms with van der Waals surface area (Å²) in [6.45, 7) is 6.59. The minimum absolute atomic E-state index is 0.116. The van der Waals surface area contributed by atoms with Crippen LogP contribution in [0, 0.1) is 11.8 Å². The van der Waals surface area contributed by atoms with E-state index in [2.05, 4.69) is 61.9 Å². The molecule has 4 aromatic carbocycles. The highest BCUT2D eigenvalue weighted by Gasteiger charge is 2.32. The van der Waals surface area contributed by atoms with Crippen molar-refractivity contribution in [2.45, 2.75) is 26.2 Å². The van der Waals surface area contributed by atoms with Crippen LogP contribution in [0.5, 0.6) is 0 Å². The van der Waals surface area contributed by atoms with Crippen LogP contribution in [0.15, 0.2) is 84.9 Å². The van der Waals surface area contributed by atoms with Gasteiger partial charge in [0.2, 0.25) is 0 Å². The molecule has 0 bridgehead atoms. The molecule has 0 radical (unpaired) electrons. The largest absolute Gasteiger partial charge is 0.338 e. The third-order valence-corrected chi connectivity index (χ3v) is 6.80. The Bertz CT molecular complexity index is 1770. The first kappa shape index (κ1) is 22.7. The molecule has 0 fully saturated rings. The van der Waals surface area contributed by atoms with Gasteiger partial charge in [-0.1, -0.05) is 81.1 Å². The van der Waals surface area contributed by atoms with Gasteiger partial charge in [0, 0.05) is 33.4 Å². The number of nitrogens with zero attached hydrogens (tertiary/aromatic N) is 1. The normalized spacial score (nSPS) is 12.6. The van der Waals surface area contributed by atoms with Crippen molar-refractivity contribution in [1.82, 2.24) is 9.97 Å². The number of carbonyl (C=O) groups excluding carboxylic acids is 2. The second-order valence-corrected chi connectivity index (χ2v) is 10.3. The number of rotatable bonds is 1. The third-order valence-electron chi connectivity index (χ3n) is 6.80. The molecule has 37 heavy (non-hydrogen) atoms. The fourth-order valence-corrected chi connectivity index (χ4v) is 4.70. The first-order valence-corrected chi connectivity index (χ1v) is 12.2. The van der Waals surface area contributed by atoms with Crippen LogP contribution in [-0.4, -0.2) is 21.5 Å². The lowest BCUT2D eigenvalue weighted by Crippen LogP contribution is -2.21. The molecule has 6 rings (SSSR count). The molecular weight excluding hydrogens is 456 g/mol. The summed E-state index contributed by atoms with van der Waals surface area (Å²) in [5, 5.41) is 0. The minimum atomic E-state index is -0.171. The van der Waals surface area contributed by atoms with Crippen LogP contribution < -0.4 is 0 Å². The molecular formula is C33H24N2O2. The number of fused-ring (bicyclic) bond motifs is 4. The molecule has 0 unspecified atom stereocenters. The monoisotopic (exact) mass is 480 g/mol. The fourth-order valence-electron chi connectivity index (χ4n) is 4.70. The van der Waals surface area contributed by atoms with Crippen molar-refractivity contribution in [1.29, 1.82) is 0 Å². The third kappa shape index (κ3) is 3.95. The molecule has 1 aliphatic rings. The number of nitrogens with one attached hydrogen (secondary N) is 1. The Balaban J connectivity index is 1.30. The molecule has 0 saturated carbocycles. The average Bonchev–Trinajstić information content (AvgIpc) is 3.35. The molecule has 5 aromatic rings. The van der Waals surface area contributed by atoms with Crippen LogP contribution in [0.4, 0.5) is 0 Å². The predicted octanol–water partition coefficient (Wildman–Crippen LogP) is 6.70. The van der Waals surface area contributed by atoms with Gasteiger partial charge in [0.25, 0.3) is 0 Å².